The van der Waals surface area contributed by atoms with E-state index in [-0.39, 0.29) is 12.1 Å². The van der Waals surface area contributed by atoms with Gasteiger partial charge in [-0.05, 0) is 44.9 Å². The number of benzene rings is 1. The number of anilines is 1. The van der Waals surface area contributed by atoms with Gasteiger partial charge in [-0.15, -0.1) is 0 Å². The highest BCUT2D eigenvalue weighted by atomic mass is 16.5. The van der Waals surface area contributed by atoms with Gasteiger partial charge in [-0.25, -0.2) is 9.48 Å². The van der Waals surface area contributed by atoms with Crippen molar-refractivity contribution >= 4 is 11.9 Å². The quantitative estimate of drug-likeness (QED) is 0.730. The molecule has 28 heavy (non-hydrogen) atoms. The van der Waals surface area contributed by atoms with Crippen LogP contribution in [-0.4, -0.2) is 40.6 Å². The maximum absolute atomic E-state index is 12.8. The lowest BCUT2D eigenvalue weighted by Crippen LogP contribution is -2.29. The van der Waals surface area contributed by atoms with Gasteiger partial charge in [0, 0.05) is 5.70 Å². The lowest BCUT2D eigenvalue weighted by atomic mass is 9.95. The molecule has 0 fully saturated rings. The Labute approximate surface area is 164 Å². The van der Waals surface area contributed by atoms with E-state index < -0.39 is 6.04 Å². The van der Waals surface area contributed by atoms with E-state index in [1.807, 2.05) is 45.9 Å². The maximum Gasteiger partial charge on any atom is 0.338 e. The number of carbonyl (C=O) groups is 1. The average Bonchev–Trinajstić information content (AvgIpc) is 3.12. The maximum atomic E-state index is 12.8. The molecule has 1 aromatic heterocycles. The molecule has 1 aliphatic rings. The molecule has 0 saturated heterocycles. The van der Waals surface area contributed by atoms with Crippen LogP contribution >= 0.6 is 0 Å². The van der Waals surface area contributed by atoms with Gasteiger partial charge in [-0.3, -0.25) is 0 Å². The van der Waals surface area contributed by atoms with Crippen molar-refractivity contribution in [2.24, 2.45) is 0 Å². The number of ether oxygens (including phenoxy) is 3. The number of methoxy groups -OCH3 is 1. The topological polar surface area (TPSA) is 87.5 Å². The van der Waals surface area contributed by atoms with E-state index in [0.717, 1.165) is 12.0 Å². The average molecular weight is 386 g/mol. The Balaban J connectivity index is 2.07. The predicted molar refractivity (Wildman–Crippen MR) is 104 cm³/mol. The van der Waals surface area contributed by atoms with Gasteiger partial charge in [-0.1, -0.05) is 13.0 Å². The van der Waals surface area contributed by atoms with E-state index in [1.54, 1.807) is 11.8 Å². The van der Waals surface area contributed by atoms with Crippen molar-refractivity contribution in [3.8, 4) is 11.5 Å². The highest BCUT2D eigenvalue weighted by molar-refractivity contribution is 5.92. The van der Waals surface area contributed by atoms with Gasteiger partial charge in [0.15, 0.2) is 11.5 Å². The Kier molecular flexibility index (Phi) is 5.87. The first kappa shape index (κ1) is 19.7. The molecule has 3 rings (SSSR count). The van der Waals surface area contributed by atoms with Crippen LogP contribution in [0.25, 0.3) is 0 Å². The van der Waals surface area contributed by atoms with Crippen LogP contribution in [0.15, 0.2) is 35.8 Å². The third-order valence-corrected chi connectivity index (χ3v) is 4.32. The van der Waals surface area contributed by atoms with E-state index in [4.69, 9.17) is 14.2 Å². The number of fused-ring (bicyclic) bond motifs is 1. The highest BCUT2D eigenvalue weighted by Crippen LogP contribution is 2.39. The summed E-state index contributed by atoms with van der Waals surface area (Å²) in [6.07, 6.45) is 2.22. The number of nitrogens with one attached hydrogen (secondary N) is 1. The first-order valence-corrected chi connectivity index (χ1v) is 9.35. The zero-order valence-electron chi connectivity index (χ0n) is 16.9. The smallest absolute Gasteiger partial charge is 0.338 e. The van der Waals surface area contributed by atoms with Gasteiger partial charge in [0.25, 0.3) is 0 Å². The molecule has 2 heterocycles. The molecule has 0 spiro atoms. The molecule has 0 radical (unpaired) electrons. The summed E-state index contributed by atoms with van der Waals surface area (Å²) < 4.78 is 18.4. The van der Waals surface area contributed by atoms with Gasteiger partial charge in [-0.2, -0.15) is 10.1 Å². The van der Waals surface area contributed by atoms with Crippen LogP contribution in [-0.2, 0) is 9.53 Å². The second-order valence-corrected chi connectivity index (χ2v) is 6.81. The van der Waals surface area contributed by atoms with E-state index in [1.165, 1.54) is 6.33 Å². The van der Waals surface area contributed by atoms with Crippen molar-refractivity contribution in [2.75, 3.05) is 19.0 Å². The Hall–Kier alpha value is -3.03. The monoisotopic (exact) mass is 386 g/mol. The molecule has 2 aromatic rings. The normalized spacial score (nSPS) is 15.9. The number of aromatic nitrogens is 3. The fourth-order valence-corrected chi connectivity index (χ4v) is 3.14. The van der Waals surface area contributed by atoms with Crippen molar-refractivity contribution < 1.29 is 19.0 Å². The predicted octanol–water partition coefficient (Wildman–Crippen LogP) is 3.32. The Morgan fingerprint density at radius 2 is 2.11 bits per heavy atom. The summed E-state index contributed by atoms with van der Waals surface area (Å²) in [7, 11) is 1.59. The van der Waals surface area contributed by atoms with Crippen LogP contribution in [0.4, 0.5) is 5.95 Å². The third kappa shape index (κ3) is 3.81. The number of hydrogen-bond donors (Lipinski definition) is 1. The summed E-state index contributed by atoms with van der Waals surface area (Å²) in [6, 6.07) is 5.13. The summed E-state index contributed by atoms with van der Waals surface area (Å²) in [6.45, 7) is 8.06. The molecule has 8 heteroatoms. The van der Waals surface area contributed by atoms with Crippen molar-refractivity contribution in [3.63, 3.8) is 0 Å². The van der Waals surface area contributed by atoms with Crippen LogP contribution in [0, 0.1) is 0 Å². The second-order valence-electron chi connectivity index (χ2n) is 6.81. The summed E-state index contributed by atoms with van der Waals surface area (Å²) in [4.78, 5) is 17.0. The van der Waals surface area contributed by atoms with Crippen LogP contribution in [0.1, 0.15) is 45.7 Å². The number of carbonyl (C=O) groups excluding carboxylic acids is 1. The molecule has 1 aromatic carbocycles. The Morgan fingerprint density at radius 3 is 2.79 bits per heavy atom. The van der Waals surface area contributed by atoms with Gasteiger partial charge in [0.1, 0.15) is 12.4 Å². The number of hydrogen-bond acceptors (Lipinski definition) is 7. The number of allylic oxidation sites excluding steroid dienone is 1. The molecule has 150 valence electrons. The lowest BCUT2D eigenvalue weighted by molar-refractivity contribution is -0.139. The van der Waals surface area contributed by atoms with E-state index in [2.05, 4.69) is 15.4 Å². The van der Waals surface area contributed by atoms with Crippen molar-refractivity contribution in [2.45, 2.75) is 46.3 Å². The van der Waals surface area contributed by atoms with E-state index >= 15 is 0 Å². The molecule has 0 bridgehead atoms. The minimum Gasteiger partial charge on any atom is -0.493 e. The van der Waals surface area contributed by atoms with Gasteiger partial charge >= 0.3 is 5.97 Å². The lowest BCUT2D eigenvalue weighted by Gasteiger charge is -2.28. The highest BCUT2D eigenvalue weighted by Gasteiger charge is 2.34. The largest absolute Gasteiger partial charge is 0.493 e. The first-order valence-electron chi connectivity index (χ1n) is 9.35. The minimum absolute atomic E-state index is 0.0160. The molecule has 1 atom stereocenters. The fourth-order valence-electron chi connectivity index (χ4n) is 3.14. The van der Waals surface area contributed by atoms with Crippen LogP contribution in [0.3, 0.4) is 0 Å². The zero-order valence-corrected chi connectivity index (χ0v) is 16.9. The van der Waals surface area contributed by atoms with E-state index in [9.17, 15) is 4.79 Å². The molecular weight excluding hydrogens is 360 g/mol. The molecule has 1 aliphatic heterocycles. The second kappa shape index (κ2) is 8.33. The Bertz CT molecular complexity index is 888. The standard InChI is InChI=1S/C20H26N4O4/c1-6-9-27-19(25)17-13(4)23-20-21-11-22-24(20)18(17)14-7-8-15(28-12(2)3)16(10-14)26-5/h7-8,10-12,18H,6,9H2,1-5H3,(H,21,22,23). The van der Waals surface area contributed by atoms with Crippen molar-refractivity contribution in [3.05, 3.63) is 41.4 Å². The number of rotatable bonds is 7. The molecule has 1 N–H and O–H groups in total. The first-order chi connectivity index (χ1) is 13.5. The van der Waals surface area contributed by atoms with Crippen molar-refractivity contribution in [1.82, 2.24) is 14.8 Å². The summed E-state index contributed by atoms with van der Waals surface area (Å²) in [5, 5.41) is 7.44. The fraction of sp³-hybridized carbons (Fsp3) is 0.450. The minimum atomic E-state index is -0.481. The van der Waals surface area contributed by atoms with Gasteiger partial charge in [0.05, 0.1) is 25.4 Å². The SMILES string of the molecule is CCCOC(=O)C1=C(C)Nc2ncnn2C1c1ccc(OC(C)C)c(OC)c1. The molecule has 0 aliphatic carbocycles. The van der Waals surface area contributed by atoms with Crippen LogP contribution in [0.5, 0.6) is 11.5 Å². The molecule has 8 nitrogen and oxygen atoms in total. The Morgan fingerprint density at radius 1 is 1.32 bits per heavy atom. The molecular formula is C20H26N4O4. The number of esters is 1. The molecule has 0 amide bonds. The molecule has 0 saturated carbocycles. The summed E-state index contributed by atoms with van der Waals surface area (Å²) in [5.41, 5.74) is 2.00. The van der Waals surface area contributed by atoms with E-state index in [0.29, 0.717) is 35.3 Å². The third-order valence-electron chi connectivity index (χ3n) is 4.32. The molecule has 1 unspecified atom stereocenters. The van der Waals surface area contributed by atoms with Gasteiger partial charge in [0.2, 0.25) is 5.95 Å². The van der Waals surface area contributed by atoms with Crippen LogP contribution < -0.4 is 14.8 Å². The van der Waals surface area contributed by atoms with Crippen LogP contribution in [0.2, 0.25) is 0 Å². The summed E-state index contributed by atoms with van der Waals surface area (Å²) in [5.74, 6) is 1.42. The summed E-state index contributed by atoms with van der Waals surface area (Å²) >= 11 is 0. The number of nitrogens with zero attached hydrogens (tertiary/aromatic N) is 3. The zero-order chi connectivity index (χ0) is 20.3. The van der Waals surface area contributed by atoms with Crippen molar-refractivity contribution in [1.29, 1.82) is 0 Å². The van der Waals surface area contributed by atoms with Gasteiger partial charge < -0.3 is 19.5 Å².